The third kappa shape index (κ3) is 4.82. The molecule has 0 radical (unpaired) electrons. The van der Waals surface area contributed by atoms with E-state index in [0.29, 0.717) is 33.2 Å². The molecule has 1 aliphatic rings. The molecule has 5 nitrogen and oxygen atoms in total. The molecule has 2 aromatic carbocycles. The second-order valence-electron chi connectivity index (χ2n) is 8.30. The lowest BCUT2D eigenvalue weighted by molar-refractivity contribution is -0.119. The fourth-order valence-electron chi connectivity index (χ4n) is 3.96. The zero-order valence-electron chi connectivity index (χ0n) is 17.7. The zero-order valence-corrected chi connectivity index (χ0v) is 18.5. The summed E-state index contributed by atoms with van der Waals surface area (Å²) in [4.78, 5) is 30.4. The number of nitrogens with one attached hydrogen (secondary N) is 1. The van der Waals surface area contributed by atoms with E-state index in [-0.39, 0.29) is 23.3 Å². The van der Waals surface area contributed by atoms with Crippen molar-refractivity contribution in [2.24, 2.45) is 5.92 Å². The molecule has 162 valence electrons. The summed E-state index contributed by atoms with van der Waals surface area (Å²) in [6.07, 6.45) is 4.25. The maximum Gasteiger partial charge on any atom is 0.266 e. The molecule has 1 fully saturated rings. The Balaban J connectivity index is 1.62. The third-order valence-electron chi connectivity index (χ3n) is 5.87. The fraction of sp³-hybridized carbons (Fsp3) is 0.375. The SMILES string of the molecule is Cc1ccc(-n2c(SCC(=O)NC3CCC(C)CC3)nc3ccccc3c2=O)cc1F. The molecule has 1 saturated carbocycles. The van der Waals surface area contributed by atoms with Gasteiger partial charge in [-0.1, -0.05) is 36.9 Å². The monoisotopic (exact) mass is 439 g/mol. The number of halogens is 1. The number of rotatable bonds is 5. The number of carbonyl (C=O) groups excluding carboxylic acids is 1. The first-order valence-electron chi connectivity index (χ1n) is 10.6. The number of hydrogen-bond donors (Lipinski definition) is 1. The molecular formula is C24H26FN3O2S. The molecule has 3 aromatic rings. The van der Waals surface area contributed by atoms with Gasteiger partial charge in [0.25, 0.3) is 5.56 Å². The molecule has 0 aliphatic heterocycles. The van der Waals surface area contributed by atoms with E-state index in [0.717, 1.165) is 25.7 Å². The van der Waals surface area contributed by atoms with Crippen molar-refractivity contribution in [3.8, 4) is 5.69 Å². The van der Waals surface area contributed by atoms with Gasteiger partial charge in [0.15, 0.2) is 5.16 Å². The average Bonchev–Trinajstić information content (AvgIpc) is 2.76. The van der Waals surface area contributed by atoms with Crippen molar-refractivity contribution in [2.75, 3.05) is 5.75 Å². The molecule has 1 aliphatic carbocycles. The van der Waals surface area contributed by atoms with Crippen LogP contribution in [-0.2, 0) is 4.79 Å². The van der Waals surface area contributed by atoms with Gasteiger partial charge in [0.05, 0.1) is 22.3 Å². The van der Waals surface area contributed by atoms with Gasteiger partial charge in [-0.3, -0.25) is 14.2 Å². The van der Waals surface area contributed by atoms with Crippen LogP contribution in [0.2, 0.25) is 0 Å². The average molecular weight is 440 g/mol. The van der Waals surface area contributed by atoms with Crippen LogP contribution in [0.5, 0.6) is 0 Å². The van der Waals surface area contributed by atoms with Crippen molar-refractivity contribution in [3.05, 3.63) is 64.2 Å². The molecule has 1 aromatic heterocycles. The van der Waals surface area contributed by atoms with Gasteiger partial charge in [-0.25, -0.2) is 9.37 Å². The van der Waals surface area contributed by atoms with E-state index in [4.69, 9.17) is 0 Å². The van der Waals surface area contributed by atoms with E-state index in [9.17, 15) is 14.0 Å². The molecule has 7 heteroatoms. The van der Waals surface area contributed by atoms with Gasteiger partial charge in [-0.15, -0.1) is 0 Å². The first-order chi connectivity index (χ1) is 14.9. The highest BCUT2D eigenvalue weighted by Gasteiger charge is 2.21. The highest BCUT2D eigenvalue weighted by atomic mass is 32.2. The normalized spacial score (nSPS) is 18.8. The molecule has 4 rings (SSSR count). The van der Waals surface area contributed by atoms with E-state index in [1.807, 2.05) is 6.07 Å². The number of benzene rings is 2. The van der Waals surface area contributed by atoms with Crippen LogP contribution in [0.25, 0.3) is 16.6 Å². The predicted octanol–water partition coefficient (Wildman–Crippen LogP) is 4.62. The van der Waals surface area contributed by atoms with E-state index in [1.54, 1.807) is 37.3 Å². The van der Waals surface area contributed by atoms with Crippen LogP contribution >= 0.6 is 11.8 Å². The number of aromatic nitrogens is 2. The molecule has 1 N–H and O–H groups in total. The molecule has 1 amide bonds. The van der Waals surface area contributed by atoms with Crippen molar-refractivity contribution < 1.29 is 9.18 Å². The maximum atomic E-state index is 14.2. The standard InChI is InChI=1S/C24H26FN3O2S/c1-15-7-10-17(11-8-15)26-22(29)14-31-24-27-21-6-4-3-5-19(21)23(30)28(24)18-12-9-16(2)20(25)13-18/h3-6,9,12-13,15,17H,7-8,10-11,14H2,1-2H3,(H,26,29). The number of hydrogen-bond acceptors (Lipinski definition) is 4. The molecule has 1 heterocycles. The lowest BCUT2D eigenvalue weighted by Crippen LogP contribution is -2.38. The Kier molecular flexibility index (Phi) is 6.41. The summed E-state index contributed by atoms with van der Waals surface area (Å²) in [5, 5.41) is 3.93. The molecule has 31 heavy (non-hydrogen) atoms. The molecule has 0 unspecified atom stereocenters. The predicted molar refractivity (Wildman–Crippen MR) is 122 cm³/mol. The Bertz CT molecular complexity index is 1170. The van der Waals surface area contributed by atoms with Crippen molar-refractivity contribution in [1.82, 2.24) is 14.9 Å². The minimum absolute atomic E-state index is 0.0754. The highest BCUT2D eigenvalue weighted by molar-refractivity contribution is 7.99. The van der Waals surface area contributed by atoms with Crippen molar-refractivity contribution in [3.63, 3.8) is 0 Å². The first kappa shape index (κ1) is 21.6. The Morgan fingerprint density at radius 1 is 1.19 bits per heavy atom. The second-order valence-corrected chi connectivity index (χ2v) is 9.24. The largest absolute Gasteiger partial charge is 0.353 e. The summed E-state index contributed by atoms with van der Waals surface area (Å²) >= 11 is 1.20. The van der Waals surface area contributed by atoms with Crippen LogP contribution in [0.3, 0.4) is 0 Å². The highest BCUT2D eigenvalue weighted by Crippen LogP contribution is 2.25. The summed E-state index contributed by atoms with van der Waals surface area (Å²) in [7, 11) is 0. The number of thioether (sulfide) groups is 1. The van der Waals surface area contributed by atoms with Crippen LogP contribution < -0.4 is 10.9 Å². The van der Waals surface area contributed by atoms with Crippen LogP contribution in [0, 0.1) is 18.7 Å². The van der Waals surface area contributed by atoms with E-state index in [1.165, 1.54) is 22.4 Å². The Morgan fingerprint density at radius 3 is 2.68 bits per heavy atom. The second kappa shape index (κ2) is 9.22. The zero-order chi connectivity index (χ0) is 22.0. The van der Waals surface area contributed by atoms with Crippen LogP contribution in [0.15, 0.2) is 52.4 Å². The van der Waals surface area contributed by atoms with Crippen molar-refractivity contribution in [2.45, 2.75) is 50.7 Å². The number of fused-ring (bicyclic) bond motifs is 1. The molecule has 0 spiro atoms. The quantitative estimate of drug-likeness (QED) is 0.465. The maximum absolute atomic E-state index is 14.2. The third-order valence-corrected chi connectivity index (χ3v) is 6.81. The summed E-state index contributed by atoms with van der Waals surface area (Å²) < 4.78 is 15.6. The molecular weight excluding hydrogens is 413 g/mol. The Hall–Kier alpha value is -2.67. The molecule has 0 saturated heterocycles. The van der Waals surface area contributed by atoms with Crippen LogP contribution in [0.1, 0.15) is 38.2 Å². The number of carbonyl (C=O) groups is 1. The molecule has 0 atom stereocenters. The first-order valence-corrected chi connectivity index (χ1v) is 11.6. The van der Waals surface area contributed by atoms with Crippen molar-refractivity contribution in [1.29, 1.82) is 0 Å². The van der Waals surface area contributed by atoms with Gasteiger partial charge in [0.1, 0.15) is 5.82 Å². The fourth-order valence-corrected chi connectivity index (χ4v) is 4.79. The lowest BCUT2D eigenvalue weighted by atomic mass is 9.87. The Morgan fingerprint density at radius 2 is 1.94 bits per heavy atom. The van der Waals surface area contributed by atoms with Gasteiger partial charge >= 0.3 is 0 Å². The van der Waals surface area contributed by atoms with Gasteiger partial charge in [-0.2, -0.15) is 0 Å². The van der Waals surface area contributed by atoms with Crippen LogP contribution in [-0.4, -0.2) is 27.3 Å². The van der Waals surface area contributed by atoms with Gasteiger partial charge in [-0.05, 0) is 68.4 Å². The van der Waals surface area contributed by atoms with E-state index >= 15 is 0 Å². The topological polar surface area (TPSA) is 64.0 Å². The minimum atomic E-state index is -0.391. The smallest absolute Gasteiger partial charge is 0.266 e. The van der Waals surface area contributed by atoms with Crippen LogP contribution in [0.4, 0.5) is 4.39 Å². The molecule has 0 bridgehead atoms. The summed E-state index contributed by atoms with van der Waals surface area (Å²) in [5.41, 5.74) is 1.18. The van der Waals surface area contributed by atoms with Gasteiger partial charge in [0.2, 0.25) is 5.91 Å². The van der Waals surface area contributed by atoms with Gasteiger partial charge < -0.3 is 5.32 Å². The summed E-state index contributed by atoms with van der Waals surface area (Å²) in [5.74, 6) is 0.394. The number of nitrogens with zero attached hydrogens (tertiary/aromatic N) is 2. The number of aryl methyl sites for hydroxylation is 1. The number of para-hydroxylation sites is 1. The van der Waals surface area contributed by atoms with E-state index < -0.39 is 5.82 Å². The Labute approximate surface area is 185 Å². The summed E-state index contributed by atoms with van der Waals surface area (Å²) in [6, 6.07) is 11.9. The van der Waals surface area contributed by atoms with E-state index in [2.05, 4.69) is 17.2 Å². The minimum Gasteiger partial charge on any atom is -0.353 e. The number of amides is 1. The lowest BCUT2D eigenvalue weighted by Gasteiger charge is -2.26. The van der Waals surface area contributed by atoms with Gasteiger partial charge in [0, 0.05) is 6.04 Å². The van der Waals surface area contributed by atoms with Crippen molar-refractivity contribution >= 4 is 28.6 Å². The summed E-state index contributed by atoms with van der Waals surface area (Å²) in [6.45, 7) is 3.92.